The Morgan fingerprint density at radius 2 is 1.46 bits per heavy atom. The number of nitrogens with zero attached hydrogens (tertiary/aromatic N) is 2. The molecule has 0 heterocycles. The maximum atomic E-state index is 15.5. The summed E-state index contributed by atoms with van der Waals surface area (Å²) in [5.74, 6) is -3.23. The SMILES string of the molecule is Cc1ccc(C(=O)N(CC#N)c2cccc(C(=O)Nc3c(Br)cc(C(F)(C(F)(F)F)C(F)(F)F)cc3Br)c2F)cc1. The molecule has 0 saturated heterocycles. The van der Waals surface area contributed by atoms with Crippen LogP contribution in [0, 0.1) is 24.1 Å². The Kier molecular flexibility index (Phi) is 9.19. The van der Waals surface area contributed by atoms with Gasteiger partial charge in [-0.3, -0.25) is 14.5 Å². The molecule has 0 bridgehead atoms. The van der Waals surface area contributed by atoms with E-state index in [2.05, 4.69) is 37.2 Å². The fraction of sp³-hybridized carbons (Fsp3) is 0.192. The van der Waals surface area contributed by atoms with Gasteiger partial charge in [0.2, 0.25) is 0 Å². The molecule has 3 aromatic carbocycles. The molecule has 15 heteroatoms. The molecule has 0 radical (unpaired) electrons. The van der Waals surface area contributed by atoms with Crippen LogP contribution in [0.2, 0.25) is 0 Å². The topological polar surface area (TPSA) is 73.2 Å². The largest absolute Gasteiger partial charge is 0.435 e. The van der Waals surface area contributed by atoms with Gasteiger partial charge >= 0.3 is 18.0 Å². The summed E-state index contributed by atoms with van der Waals surface area (Å²) in [4.78, 5) is 26.8. The number of amides is 2. The lowest BCUT2D eigenvalue weighted by atomic mass is 9.94. The van der Waals surface area contributed by atoms with Crippen LogP contribution in [-0.2, 0) is 5.67 Å². The summed E-state index contributed by atoms with van der Waals surface area (Å²) < 4.78 is 108. The number of alkyl halides is 7. The van der Waals surface area contributed by atoms with Crippen LogP contribution in [0.1, 0.15) is 31.8 Å². The van der Waals surface area contributed by atoms with Crippen molar-refractivity contribution in [3.8, 4) is 6.07 Å². The summed E-state index contributed by atoms with van der Waals surface area (Å²) in [5.41, 5.74) is -8.19. The van der Waals surface area contributed by atoms with E-state index in [4.69, 9.17) is 0 Å². The summed E-state index contributed by atoms with van der Waals surface area (Å²) in [6.07, 6.45) is -12.7. The lowest BCUT2D eigenvalue weighted by Crippen LogP contribution is -2.50. The van der Waals surface area contributed by atoms with Crippen LogP contribution in [0.4, 0.5) is 46.5 Å². The van der Waals surface area contributed by atoms with Gasteiger partial charge in [0.25, 0.3) is 11.8 Å². The highest BCUT2D eigenvalue weighted by Gasteiger charge is 2.73. The molecule has 0 spiro atoms. The van der Waals surface area contributed by atoms with Gasteiger partial charge in [-0.2, -0.15) is 31.6 Å². The minimum absolute atomic E-state index is 0.120. The third-order valence-electron chi connectivity index (χ3n) is 5.75. The first-order valence-corrected chi connectivity index (χ1v) is 12.7. The van der Waals surface area contributed by atoms with Gasteiger partial charge in [-0.05, 0) is 75.2 Å². The lowest BCUT2D eigenvalue weighted by Gasteiger charge is -2.31. The van der Waals surface area contributed by atoms with E-state index in [-0.39, 0.29) is 17.7 Å². The van der Waals surface area contributed by atoms with Crippen molar-refractivity contribution in [1.82, 2.24) is 0 Å². The van der Waals surface area contributed by atoms with Gasteiger partial charge in [-0.15, -0.1) is 0 Å². The molecule has 0 aliphatic carbocycles. The molecule has 0 aliphatic rings. The van der Waals surface area contributed by atoms with E-state index in [1.54, 1.807) is 25.1 Å². The van der Waals surface area contributed by atoms with E-state index in [1.165, 1.54) is 18.2 Å². The van der Waals surface area contributed by atoms with Gasteiger partial charge in [0.15, 0.2) is 5.82 Å². The highest BCUT2D eigenvalue weighted by molar-refractivity contribution is 9.11. The van der Waals surface area contributed by atoms with Crippen LogP contribution >= 0.6 is 31.9 Å². The van der Waals surface area contributed by atoms with E-state index < -0.39 is 73.6 Å². The fourth-order valence-corrected chi connectivity index (χ4v) is 5.04. The highest BCUT2D eigenvalue weighted by atomic mass is 79.9. The summed E-state index contributed by atoms with van der Waals surface area (Å²) in [6, 6.07) is 11.6. The molecule has 0 aliphatic heterocycles. The second kappa shape index (κ2) is 11.8. The Hall–Kier alpha value is -3.51. The molecule has 0 atom stereocenters. The predicted octanol–water partition coefficient (Wildman–Crippen LogP) is 8.37. The Morgan fingerprint density at radius 1 is 0.927 bits per heavy atom. The molecular weight excluding hydrogens is 698 g/mol. The Balaban J connectivity index is 2.00. The zero-order chi connectivity index (χ0) is 30.9. The van der Waals surface area contributed by atoms with E-state index >= 15 is 4.39 Å². The number of carbonyl (C=O) groups is 2. The fourth-order valence-electron chi connectivity index (χ4n) is 3.65. The van der Waals surface area contributed by atoms with Crippen molar-refractivity contribution >= 4 is 55.0 Å². The van der Waals surface area contributed by atoms with Gasteiger partial charge in [0.1, 0.15) is 6.54 Å². The van der Waals surface area contributed by atoms with E-state index in [0.29, 0.717) is 0 Å². The minimum Gasteiger partial charge on any atom is -0.320 e. The molecule has 3 rings (SSSR count). The van der Waals surface area contributed by atoms with Gasteiger partial charge in [-0.25, -0.2) is 8.78 Å². The van der Waals surface area contributed by atoms with Crippen molar-refractivity contribution in [2.75, 3.05) is 16.8 Å². The van der Waals surface area contributed by atoms with E-state index in [9.17, 15) is 45.6 Å². The maximum Gasteiger partial charge on any atom is 0.435 e. The predicted molar refractivity (Wildman–Crippen MR) is 140 cm³/mol. The first kappa shape index (κ1) is 32.0. The van der Waals surface area contributed by atoms with Gasteiger partial charge < -0.3 is 5.32 Å². The molecule has 0 fully saturated rings. The number of halogens is 10. The van der Waals surface area contributed by atoms with Crippen LogP contribution < -0.4 is 10.2 Å². The highest BCUT2D eigenvalue weighted by Crippen LogP contribution is 2.54. The third-order valence-corrected chi connectivity index (χ3v) is 7.00. The Bertz CT molecular complexity index is 1500. The zero-order valence-electron chi connectivity index (χ0n) is 20.4. The van der Waals surface area contributed by atoms with E-state index in [1.807, 2.05) is 0 Å². The van der Waals surface area contributed by atoms with Crippen LogP contribution in [-0.4, -0.2) is 30.7 Å². The number of carbonyl (C=O) groups excluding carboxylic acids is 2. The molecule has 0 aromatic heterocycles. The first-order valence-electron chi connectivity index (χ1n) is 11.1. The minimum atomic E-state index is -6.37. The zero-order valence-corrected chi connectivity index (χ0v) is 23.6. The lowest BCUT2D eigenvalue weighted by molar-refractivity contribution is -0.348. The average molecular weight is 713 g/mol. The van der Waals surface area contributed by atoms with Crippen LogP contribution in [0.15, 0.2) is 63.5 Å². The normalized spacial score (nSPS) is 12.0. The molecule has 3 aromatic rings. The monoisotopic (exact) mass is 711 g/mol. The van der Waals surface area contributed by atoms with Crippen molar-refractivity contribution < 1.29 is 44.7 Å². The molecule has 2 amide bonds. The number of benzene rings is 3. The number of hydrogen-bond acceptors (Lipinski definition) is 3. The number of nitriles is 1. The number of nitrogens with one attached hydrogen (secondary N) is 1. The number of aryl methyl sites for hydroxylation is 1. The smallest absolute Gasteiger partial charge is 0.320 e. The molecule has 5 nitrogen and oxygen atoms in total. The summed E-state index contributed by atoms with van der Waals surface area (Å²) in [7, 11) is 0. The second-order valence-corrected chi connectivity index (χ2v) is 10.2. The first-order chi connectivity index (χ1) is 18.9. The maximum absolute atomic E-state index is 15.5. The molecule has 1 N–H and O–H groups in total. The van der Waals surface area contributed by atoms with Crippen molar-refractivity contribution in [2.24, 2.45) is 0 Å². The van der Waals surface area contributed by atoms with Gasteiger partial charge in [0, 0.05) is 20.1 Å². The molecule has 0 unspecified atom stereocenters. The summed E-state index contributed by atoms with van der Waals surface area (Å²) in [5, 5.41) is 11.4. The number of hydrogen-bond donors (Lipinski definition) is 1. The van der Waals surface area contributed by atoms with Crippen molar-refractivity contribution in [3.63, 3.8) is 0 Å². The summed E-state index contributed by atoms with van der Waals surface area (Å²) in [6.45, 7) is 1.17. The van der Waals surface area contributed by atoms with Crippen LogP contribution in [0.3, 0.4) is 0 Å². The van der Waals surface area contributed by atoms with Crippen LogP contribution in [0.5, 0.6) is 0 Å². The van der Waals surface area contributed by atoms with Gasteiger partial charge in [-0.1, -0.05) is 23.8 Å². The van der Waals surface area contributed by atoms with E-state index in [0.717, 1.165) is 22.6 Å². The molecule has 0 saturated carbocycles. The molecule has 41 heavy (non-hydrogen) atoms. The average Bonchev–Trinajstić information content (AvgIpc) is 2.87. The Labute approximate surface area is 244 Å². The quantitative estimate of drug-likeness (QED) is 0.206. The standard InChI is InChI=1S/C26H15Br2F8N3O2/c1-13-5-7-14(8-6-13)23(41)39(10-9-37)19-4-2-3-16(20(19)29)22(40)38-21-17(27)11-15(12-18(21)28)24(30,25(31,32)33)26(34,35)36/h2-8,11-12H,10H2,1H3,(H,38,40). The van der Waals surface area contributed by atoms with Crippen molar-refractivity contribution in [3.05, 3.63) is 91.6 Å². The van der Waals surface area contributed by atoms with Crippen LogP contribution in [0.25, 0.3) is 0 Å². The number of anilines is 2. The Morgan fingerprint density at radius 3 is 1.95 bits per heavy atom. The number of rotatable bonds is 6. The molecular formula is C26H15Br2F8N3O2. The van der Waals surface area contributed by atoms with Crippen molar-refractivity contribution in [2.45, 2.75) is 24.9 Å². The second-order valence-electron chi connectivity index (χ2n) is 8.48. The van der Waals surface area contributed by atoms with Gasteiger partial charge in [0.05, 0.1) is 23.0 Å². The van der Waals surface area contributed by atoms with Crippen molar-refractivity contribution in [1.29, 1.82) is 5.26 Å². The molecule has 216 valence electrons. The summed E-state index contributed by atoms with van der Waals surface area (Å²) >= 11 is 5.45. The third kappa shape index (κ3) is 6.23.